The first-order chi connectivity index (χ1) is 16.2. The first-order valence-corrected chi connectivity index (χ1v) is 12.5. The van der Waals surface area contributed by atoms with Crippen LogP contribution in [-0.4, -0.2) is 76.4 Å². The van der Waals surface area contributed by atoms with Crippen LogP contribution in [0.25, 0.3) is 20.8 Å². The first kappa shape index (κ1) is 25.6. The van der Waals surface area contributed by atoms with E-state index in [-0.39, 0.29) is 6.54 Å². The molecule has 190 valence electrons. The lowest BCUT2D eigenvalue weighted by atomic mass is 9.88. The maximum Gasteiger partial charge on any atom is 0.225 e. The van der Waals surface area contributed by atoms with Crippen molar-refractivity contribution in [1.29, 1.82) is 0 Å². The van der Waals surface area contributed by atoms with Crippen LogP contribution in [0.2, 0.25) is 0 Å². The molecule has 0 saturated heterocycles. The van der Waals surface area contributed by atoms with Gasteiger partial charge in [0.25, 0.3) is 0 Å². The monoisotopic (exact) mass is 502 g/mol. The summed E-state index contributed by atoms with van der Waals surface area (Å²) in [7, 11) is 0. The normalized spacial score (nSPS) is 23.1. The minimum atomic E-state index is -1.15. The molecule has 10 nitrogen and oxygen atoms in total. The highest BCUT2D eigenvalue weighted by molar-refractivity contribution is 7.21. The number of anilines is 2. The maximum absolute atomic E-state index is 10.8. The summed E-state index contributed by atoms with van der Waals surface area (Å²) < 4.78 is 0.987. The van der Waals surface area contributed by atoms with E-state index in [1.807, 2.05) is 19.9 Å². The average molecular weight is 503 g/mol. The fraction of sp³-hybridized carbons (Fsp3) is 0.583. The summed E-state index contributed by atoms with van der Waals surface area (Å²) in [5.74, 6) is 0.264. The number of thiazole rings is 1. The second kappa shape index (κ2) is 9.21. The number of hydrogen-bond donors (Lipinski definition) is 6. The van der Waals surface area contributed by atoms with Gasteiger partial charge in [-0.2, -0.15) is 4.98 Å². The number of pyridine rings is 1. The Morgan fingerprint density at radius 3 is 2.34 bits per heavy atom. The molecule has 0 spiro atoms. The lowest BCUT2D eigenvalue weighted by Gasteiger charge is -2.28. The molecule has 4 rings (SSSR count). The Balaban J connectivity index is 1.76. The van der Waals surface area contributed by atoms with Gasteiger partial charge in [0.05, 0.1) is 45.0 Å². The maximum atomic E-state index is 10.8. The zero-order chi connectivity index (χ0) is 25.7. The Labute approximate surface area is 208 Å². The molecule has 4 atom stereocenters. The van der Waals surface area contributed by atoms with Gasteiger partial charge >= 0.3 is 0 Å². The van der Waals surface area contributed by atoms with Crippen molar-refractivity contribution in [2.75, 3.05) is 17.2 Å². The third-order valence-corrected chi connectivity index (χ3v) is 7.42. The van der Waals surface area contributed by atoms with E-state index in [4.69, 9.17) is 4.98 Å². The number of aryl methyl sites for hydroxylation is 2. The lowest BCUT2D eigenvalue weighted by Crippen LogP contribution is -2.40. The van der Waals surface area contributed by atoms with E-state index in [9.17, 15) is 20.4 Å². The third kappa shape index (κ3) is 5.39. The van der Waals surface area contributed by atoms with Crippen LogP contribution in [0.4, 0.5) is 11.8 Å². The molecule has 0 aromatic carbocycles. The zero-order valence-electron chi connectivity index (χ0n) is 20.9. The number of fused-ring (bicyclic) bond motifs is 1. The third-order valence-electron chi connectivity index (χ3n) is 6.38. The van der Waals surface area contributed by atoms with Gasteiger partial charge in [-0.3, -0.25) is 4.98 Å². The summed E-state index contributed by atoms with van der Waals surface area (Å²) in [5.41, 5.74) is 0.861. The van der Waals surface area contributed by atoms with E-state index >= 15 is 0 Å². The molecule has 1 aliphatic rings. The van der Waals surface area contributed by atoms with E-state index in [1.165, 1.54) is 11.3 Å². The average Bonchev–Trinajstić information content (AvgIpc) is 3.29. The number of nitrogens with one attached hydrogen (secondary N) is 2. The molecule has 3 heterocycles. The molecular formula is C24H34N6O4S. The number of aliphatic hydroxyl groups excluding tert-OH is 2. The summed E-state index contributed by atoms with van der Waals surface area (Å²) in [4.78, 5) is 18.4. The highest BCUT2D eigenvalue weighted by atomic mass is 32.1. The molecule has 0 amide bonds. The van der Waals surface area contributed by atoms with Crippen LogP contribution >= 0.6 is 11.3 Å². The van der Waals surface area contributed by atoms with Crippen LogP contribution in [0.3, 0.4) is 0 Å². The van der Waals surface area contributed by atoms with Gasteiger partial charge in [0.2, 0.25) is 5.95 Å². The first-order valence-electron chi connectivity index (χ1n) is 11.7. The zero-order valence-corrected chi connectivity index (χ0v) is 21.7. The Morgan fingerprint density at radius 1 is 1.03 bits per heavy atom. The second-order valence-corrected chi connectivity index (χ2v) is 11.5. The minimum Gasteiger partial charge on any atom is -0.390 e. The Kier molecular flexibility index (Phi) is 6.75. The summed E-state index contributed by atoms with van der Waals surface area (Å²) in [6.45, 7) is 10.6. The second-order valence-electron chi connectivity index (χ2n) is 10.5. The largest absolute Gasteiger partial charge is 0.390 e. The molecule has 11 heteroatoms. The Bertz CT molecular complexity index is 1220. The van der Waals surface area contributed by atoms with Crippen LogP contribution in [0, 0.1) is 19.8 Å². The van der Waals surface area contributed by atoms with Crippen LogP contribution in [-0.2, 0) is 0 Å². The molecule has 3 aromatic heterocycles. The molecule has 0 bridgehead atoms. The minimum absolute atomic E-state index is 0.239. The van der Waals surface area contributed by atoms with Crippen molar-refractivity contribution in [3.05, 3.63) is 23.7 Å². The highest BCUT2D eigenvalue weighted by Gasteiger charge is 2.48. The van der Waals surface area contributed by atoms with Crippen molar-refractivity contribution in [2.24, 2.45) is 5.92 Å². The quantitative estimate of drug-likeness (QED) is 0.283. The Hall–Kier alpha value is -2.44. The van der Waals surface area contributed by atoms with E-state index in [0.717, 1.165) is 15.9 Å². The van der Waals surface area contributed by atoms with E-state index in [1.54, 1.807) is 33.9 Å². The molecule has 0 radical (unpaired) electrons. The van der Waals surface area contributed by atoms with Gasteiger partial charge in [-0.25, -0.2) is 9.97 Å². The standard InChI is InChI=1S/C24H34N6O4S/c1-11-16(21-29-17-12(2)25-8-7-15(17)35-21)20(30-22(27-11)26-10-23(3,4)33)28-14-9-13(24(5,6)34)18(31)19(14)32/h7-8,13-14,18-19,31-34H,9-10H2,1-6H3,(H2,26,27,28,30). The van der Waals surface area contributed by atoms with E-state index in [0.29, 0.717) is 34.5 Å². The van der Waals surface area contributed by atoms with Crippen LogP contribution in [0.15, 0.2) is 12.3 Å². The van der Waals surface area contributed by atoms with Crippen LogP contribution < -0.4 is 10.6 Å². The fourth-order valence-electron chi connectivity index (χ4n) is 4.45. The van der Waals surface area contributed by atoms with Gasteiger partial charge in [0.1, 0.15) is 22.4 Å². The predicted octanol–water partition coefficient (Wildman–Crippen LogP) is 2.24. The van der Waals surface area contributed by atoms with Gasteiger partial charge in [0.15, 0.2) is 0 Å². The van der Waals surface area contributed by atoms with Crippen LogP contribution in [0.5, 0.6) is 0 Å². The van der Waals surface area contributed by atoms with Gasteiger partial charge in [-0.1, -0.05) is 0 Å². The van der Waals surface area contributed by atoms with E-state index in [2.05, 4.69) is 25.6 Å². The smallest absolute Gasteiger partial charge is 0.225 e. The fourth-order valence-corrected chi connectivity index (χ4v) is 5.56. The van der Waals surface area contributed by atoms with Gasteiger partial charge in [-0.15, -0.1) is 11.3 Å². The molecule has 6 N–H and O–H groups in total. The number of aliphatic hydroxyl groups is 4. The van der Waals surface area contributed by atoms with Crippen molar-refractivity contribution >= 4 is 33.3 Å². The number of hydrogen-bond acceptors (Lipinski definition) is 11. The Morgan fingerprint density at radius 2 is 1.74 bits per heavy atom. The topological polar surface area (TPSA) is 157 Å². The summed E-state index contributed by atoms with van der Waals surface area (Å²) >= 11 is 1.50. The molecular weight excluding hydrogens is 468 g/mol. The van der Waals surface area contributed by atoms with Crippen molar-refractivity contribution in [3.63, 3.8) is 0 Å². The lowest BCUT2D eigenvalue weighted by molar-refractivity contribution is -0.0601. The summed E-state index contributed by atoms with van der Waals surface area (Å²) in [6.07, 6.45) is -0.0744. The molecule has 1 saturated carbocycles. The van der Waals surface area contributed by atoms with Crippen LogP contribution in [0.1, 0.15) is 45.5 Å². The highest BCUT2D eigenvalue weighted by Crippen LogP contribution is 2.40. The van der Waals surface area contributed by atoms with E-state index < -0.39 is 35.4 Å². The number of aromatic nitrogens is 4. The predicted molar refractivity (Wildman–Crippen MR) is 137 cm³/mol. The van der Waals surface area contributed by atoms with Gasteiger partial charge < -0.3 is 31.1 Å². The molecule has 1 aliphatic carbocycles. The van der Waals surface area contributed by atoms with Gasteiger partial charge in [-0.05, 0) is 54.0 Å². The molecule has 0 aliphatic heterocycles. The van der Waals surface area contributed by atoms with Crippen molar-refractivity contribution in [3.8, 4) is 10.6 Å². The molecule has 35 heavy (non-hydrogen) atoms. The van der Waals surface area contributed by atoms with Crippen molar-refractivity contribution in [1.82, 2.24) is 19.9 Å². The SMILES string of the molecule is Cc1nc(NCC(C)(C)O)nc(NC2CC(C(C)(C)O)C(O)C2O)c1-c1nc2c(C)nccc2s1. The number of nitrogens with zero attached hydrogens (tertiary/aromatic N) is 4. The van der Waals surface area contributed by atoms with Crippen molar-refractivity contribution < 1.29 is 20.4 Å². The summed E-state index contributed by atoms with van der Waals surface area (Å²) in [5, 5.41) is 49.1. The molecule has 3 aromatic rings. The van der Waals surface area contributed by atoms with Gasteiger partial charge in [0, 0.05) is 18.7 Å². The van der Waals surface area contributed by atoms with Crippen molar-refractivity contribution in [2.45, 2.75) is 77.4 Å². The number of rotatable bonds is 7. The molecule has 1 fully saturated rings. The molecule has 4 unspecified atom stereocenters. The summed E-state index contributed by atoms with van der Waals surface area (Å²) in [6, 6.07) is 1.37.